The fourth-order valence-electron chi connectivity index (χ4n) is 3.05. The van der Waals surface area contributed by atoms with Gasteiger partial charge in [0.05, 0.1) is 6.61 Å². The third-order valence-electron chi connectivity index (χ3n) is 4.39. The van der Waals surface area contributed by atoms with E-state index >= 15 is 0 Å². The molecule has 2 heterocycles. The Kier molecular flexibility index (Phi) is 5.70. The van der Waals surface area contributed by atoms with Gasteiger partial charge in [0, 0.05) is 31.1 Å². The number of carbonyl (C=O) groups is 1. The lowest BCUT2D eigenvalue weighted by Crippen LogP contribution is -2.34. The fourth-order valence-corrected chi connectivity index (χ4v) is 3.05. The molecule has 124 valence electrons. The number of piperidine rings is 1. The van der Waals surface area contributed by atoms with Crippen molar-refractivity contribution in [3.63, 3.8) is 0 Å². The second kappa shape index (κ2) is 8.16. The molecule has 0 N–H and O–H groups in total. The average molecular weight is 315 g/mol. The van der Waals surface area contributed by atoms with Crippen LogP contribution in [-0.4, -0.2) is 36.8 Å². The number of carbonyl (C=O) groups excluding carboxylic acids is 1. The minimum atomic E-state index is -0.170. The molecule has 23 heavy (non-hydrogen) atoms. The maximum atomic E-state index is 12.2. The molecular formula is C19H25NO3. The van der Waals surface area contributed by atoms with Gasteiger partial charge in [-0.05, 0) is 44.2 Å². The molecule has 0 saturated carbocycles. The highest BCUT2D eigenvalue weighted by molar-refractivity contribution is 5.92. The van der Waals surface area contributed by atoms with Gasteiger partial charge in [-0.2, -0.15) is 0 Å². The van der Waals surface area contributed by atoms with Crippen LogP contribution in [0.1, 0.15) is 44.1 Å². The Hall–Kier alpha value is -1.81. The van der Waals surface area contributed by atoms with Crippen molar-refractivity contribution in [1.82, 2.24) is 4.90 Å². The van der Waals surface area contributed by atoms with Crippen LogP contribution < -0.4 is 4.74 Å². The summed E-state index contributed by atoms with van der Waals surface area (Å²) in [7, 11) is 0. The van der Waals surface area contributed by atoms with E-state index in [1.54, 1.807) is 6.08 Å². The Morgan fingerprint density at radius 2 is 1.96 bits per heavy atom. The number of ether oxygens (including phenoxy) is 2. The number of rotatable bonds is 4. The van der Waals surface area contributed by atoms with Crippen molar-refractivity contribution in [2.24, 2.45) is 0 Å². The molecule has 0 bridgehead atoms. The molecule has 1 aromatic carbocycles. The van der Waals surface area contributed by atoms with Gasteiger partial charge in [-0.1, -0.05) is 18.2 Å². The van der Waals surface area contributed by atoms with Gasteiger partial charge in [0.15, 0.2) is 6.29 Å². The summed E-state index contributed by atoms with van der Waals surface area (Å²) in [6.45, 7) is 2.50. The van der Waals surface area contributed by atoms with Crippen molar-refractivity contribution in [3.05, 3.63) is 35.9 Å². The van der Waals surface area contributed by atoms with Crippen molar-refractivity contribution in [2.75, 3.05) is 19.7 Å². The SMILES string of the molecule is O=C(/C=C/c1ccccc1OC1CCCCO1)N1CCCCC1. The van der Waals surface area contributed by atoms with Crippen molar-refractivity contribution in [1.29, 1.82) is 0 Å². The quantitative estimate of drug-likeness (QED) is 0.797. The summed E-state index contributed by atoms with van der Waals surface area (Å²) < 4.78 is 11.6. The number of likely N-dealkylation sites (tertiary alicyclic amines) is 1. The Bertz CT molecular complexity index is 543. The summed E-state index contributed by atoms with van der Waals surface area (Å²) in [5.41, 5.74) is 0.923. The van der Waals surface area contributed by atoms with Crippen LogP contribution in [-0.2, 0) is 9.53 Å². The summed E-state index contributed by atoms with van der Waals surface area (Å²) in [4.78, 5) is 14.2. The van der Waals surface area contributed by atoms with E-state index in [0.717, 1.165) is 63.1 Å². The Labute approximate surface area is 138 Å². The number of amides is 1. The van der Waals surface area contributed by atoms with Gasteiger partial charge in [0.1, 0.15) is 5.75 Å². The normalized spacial score (nSPS) is 22.3. The maximum absolute atomic E-state index is 12.2. The number of benzene rings is 1. The molecule has 0 aromatic heterocycles. The summed E-state index contributed by atoms with van der Waals surface area (Å²) in [5.74, 6) is 0.871. The van der Waals surface area contributed by atoms with E-state index < -0.39 is 0 Å². The third kappa shape index (κ3) is 4.58. The second-order valence-electron chi connectivity index (χ2n) is 6.17. The molecule has 0 radical (unpaired) electrons. The zero-order valence-electron chi connectivity index (χ0n) is 13.6. The molecule has 1 amide bonds. The van der Waals surface area contributed by atoms with Gasteiger partial charge in [-0.3, -0.25) is 4.79 Å². The van der Waals surface area contributed by atoms with Crippen molar-refractivity contribution in [3.8, 4) is 5.75 Å². The van der Waals surface area contributed by atoms with E-state index in [9.17, 15) is 4.79 Å². The first-order valence-corrected chi connectivity index (χ1v) is 8.67. The van der Waals surface area contributed by atoms with Crippen LogP contribution in [0.2, 0.25) is 0 Å². The van der Waals surface area contributed by atoms with E-state index in [2.05, 4.69) is 0 Å². The first-order chi connectivity index (χ1) is 11.3. The van der Waals surface area contributed by atoms with Crippen LogP contribution in [0.3, 0.4) is 0 Å². The zero-order valence-corrected chi connectivity index (χ0v) is 13.6. The lowest BCUT2D eigenvalue weighted by atomic mass is 10.1. The predicted octanol–water partition coefficient (Wildman–Crippen LogP) is 3.62. The number of hydrogen-bond donors (Lipinski definition) is 0. The van der Waals surface area contributed by atoms with Gasteiger partial charge < -0.3 is 14.4 Å². The molecule has 0 spiro atoms. The minimum Gasteiger partial charge on any atom is -0.464 e. The Morgan fingerprint density at radius 1 is 1.13 bits per heavy atom. The van der Waals surface area contributed by atoms with Crippen LogP contribution in [0.15, 0.2) is 30.3 Å². The van der Waals surface area contributed by atoms with Crippen LogP contribution >= 0.6 is 0 Å². The molecule has 2 saturated heterocycles. The maximum Gasteiger partial charge on any atom is 0.246 e. The van der Waals surface area contributed by atoms with E-state index in [1.165, 1.54) is 6.42 Å². The van der Waals surface area contributed by atoms with E-state index in [1.807, 2.05) is 35.2 Å². The molecule has 1 atom stereocenters. The molecule has 1 aromatic rings. The van der Waals surface area contributed by atoms with Crippen molar-refractivity contribution < 1.29 is 14.3 Å². The molecule has 1 unspecified atom stereocenters. The molecule has 0 aliphatic carbocycles. The summed E-state index contributed by atoms with van der Waals surface area (Å²) in [5, 5.41) is 0. The average Bonchev–Trinajstić information content (AvgIpc) is 2.62. The van der Waals surface area contributed by atoms with Crippen LogP contribution in [0.25, 0.3) is 6.08 Å². The zero-order chi connectivity index (χ0) is 15.9. The molecule has 4 nitrogen and oxygen atoms in total. The molecular weight excluding hydrogens is 290 g/mol. The van der Waals surface area contributed by atoms with Gasteiger partial charge in [0.2, 0.25) is 5.91 Å². The largest absolute Gasteiger partial charge is 0.464 e. The standard InChI is InChI=1S/C19H25NO3/c21-18(20-13-5-1-6-14-20)12-11-16-8-2-3-9-17(16)23-19-10-4-7-15-22-19/h2-3,8-9,11-12,19H,1,4-7,10,13-15H2/b12-11+. The molecule has 2 aliphatic heterocycles. The van der Waals surface area contributed by atoms with Crippen molar-refractivity contribution >= 4 is 12.0 Å². The number of nitrogens with zero attached hydrogens (tertiary/aromatic N) is 1. The lowest BCUT2D eigenvalue weighted by Gasteiger charge is -2.25. The smallest absolute Gasteiger partial charge is 0.246 e. The Morgan fingerprint density at radius 3 is 2.74 bits per heavy atom. The van der Waals surface area contributed by atoms with Crippen LogP contribution in [0, 0.1) is 0 Å². The van der Waals surface area contributed by atoms with E-state index in [4.69, 9.17) is 9.47 Å². The van der Waals surface area contributed by atoms with Gasteiger partial charge in [-0.15, -0.1) is 0 Å². The van der Waals surface area contributed by atoms with Crippen LogP contribution in [0.4, 0.5) is 0 Å². The lowest BCUT2D eigenvalue weighted by molar-refractivity contribution is -0.126. The summed E-state index contributed by atoms with van der Waals surface area (Å²) in [6.07, 6.45) is 9.95. The van der Waals surface area contributed by atoms with Crippen LogP contribution in [0.5, 0.6) is 5.75 Å². The monoisotopic (exact) mass is 315 g/mol. The van der Waals surface area contributed by atoms with E-state index in [0.29, 0.717) is 0 Å². The van der Waals surface area contributed by atoms with E-state index in [-0.39, 0.29) is 12.2 Å². The fraction of sp³-hybridized carbons (Fsp3) is 0.526. The van der Waals surface area contributed by atoms with Crippen molar-refractivity contribution in [2.45, 2.75) is 44.8 Å². The molecule has 4 heteroatoms. The predicted molar refractivity (Wildman–Crippen MR) is 90.1 cm³/mol. The number of hydrogen-bond acceptors (Lipinski definition) is 3. The first kappa shape index (κ1) is 16.1. The third-order valence-corrected chi connectivity index (χ3v) is 4.39. The first-order valence-electron chi connectivity index (χ1n) is 8.67. The van der Waals surface area contributed by atoms with Gasteiger partial charge in [-0.25, -0.2) is 0 Å². The van der Waals surface area contributed by atoms with Gasteiger partial charge >= 0.3 is 0 Å². The minimum absolute atomic E-state index is 0.0911. The van der Waals surface area contributed by atoms with Gasteiger partial charge in [0.25, 0.3) is 0 Å². The highest BCUT2D eigenvalue weighted by atomic mass is 16.7. The Balaban J connectivity index is 1.64. The highest BCUT2D eigenvalue weighted by Gasteiger charge is 2.17. The summed E-state index contributed by atoms with van der Waals surface area (Å²) in [6, 6.07) is 7.81. The summed E-state index contributed by atoms with van der Waals surface area (Å²) >= 11 is 0. The number of para-hydroxylation sites is 1. The highest BCUT2D eigenvalue weighted by Crippen LogP contribution is 2.24. The molecule has 2 fully saturated rings. The molecule has 2 aliphatic rings. The second-order valence-corrected chi connectivity index (χ2v) is 6.17. The molecule has 3 rings (SSSR count). The topological polar surface area (TPSA) is 38.8 Å².